The lowest BCUT2D eigenvalue weighted by atomic mass is 9.85. The first kappa shape index (κ1) is 29.0. The number of carbonyl (C=O) groups excluding carboxylic acids is 1. The molecule has 1 aromatic carbocycles. The Morgan fingerprint density at radius 3 is 2.54 bits per heavy atom. The van der Waals surface area contributed by atoms with Crippen molar-refractivity contribution < 1.29 is 39.9 Å². The van der Waals surface area contributed by atoms with E-state index < -0.39 is 30.9 Å². The normalized spacial score (nSPS) is 22.8. The van der Waals surface area contributed by atoms with E-state index in [0.29, 0.717) is 31.4 Å². The van der Waals surface area contributed by atoms with Crippen LogP contribution in [0.3, 0.4) is 0 Å². The predicted molar refractivity (Wildman–Crippen MR) is 130 cm³/mol. The highest BCUT2D eigenvalue weighted by atomic mass is 16.5. The highest BCUT2D eigenvalue weighted by Gasteiger charge is 2.39. The van der Waals surface area contributed by atoms with E-state index in [1.807, 2.05) is 31.2 Å². The number of benzene rings is 1. The molecule has 0 spiro atoms. The van der Waals surface area contributed by atoms with Crippen molar-refractivity contribution in [2.24, 2.45) is 17.0 Å². The van der Waals surface area contributed by atoms with Gasteiger partial charge in [-0.3, -0.25) is 4.79 Å². The molecular weight excluding hydrogens is 454 g/mol. The number of nitrogens with zero attached hydrogens (tertiary/aromatic N) is 1. The summed E-state index contributed by atoms with van der Waals surface area (Å²) in [4.78, 5) is 11.6. The molecule has 0 heterocycles. The number of para-hydroxylation sites is 1. The lowest BCUT2D eigenvalue weighted by molar-refractivity contribution is -0.147. The maximum atomic E-state index is 11.6. The Bertz CT molecular complexity index is 786. The number of unbranched alkanes of at least 4 members (excludes halogenated alkanes) is 3. The highest BCUT2D eigenvalue weighted by Crippen LogP contribution is 2.37. The third-order valence-electron chi connectivity index (χ3n) is 6.64. The van der Waals surface area contributed by atoms with Gasteiger partial charge in [0.05, 0.1) is 24.5 Å². The zero-order valence-corrected chi connectivity index (χ0v) is 20.6. The monoisotopic (exact) mass is 495 g/mol. The van der Waals surface area contributed by atoms with Gasteiger partial charge in [0.15, 0.2) is 0 Å². The summed E-state index contributed by atoms with van der Waals surface area (Å²) in [5.41, 5.74) is 1.59. The van der Waals surface area contributed by atoms with Crippen molar-refractivity contribution in [1.29, 1.82) is 0 Å². The number of rotatable bonds is 16. The number of esters is 1. The molecule has 1 fully saturated rings. The third kappa shape index (κ3) is 10.1. The van der Waals surface area contributed by atoms with Crippen LogP contribution < -0.4 is 4.74 Å². The first-order valence-corrected chi connectivity index (χ1v) is 12.6. The fourth-order valence-corrected chi connectivity index (χ4v) is 4.60. The summed E-state index contributed by atoms with van der Waals surface area (Å²) < 4.78 is 10.6. The van der Waals surface area contributed by atoms with Gasteiger partial charge >= 0.3 is 5.97 Å². The predicted octanol–water partition coefficient (Wildman–Crippen LogP) is 2.58. The molecule has 35 heavy (non-hydrogen) atoms. The van der Waals surface area contributed by atoms with Gasteiger partial charge in [-0.1, -0.05) is 42.6 Å². The van der Waals surface area contributed by atoms with Crippen molar-refractivity contribution >= 4 is 11.7 Å². The Morgan fingerprint density at radius 1 is 1.09 bits per heavy atom. The maximum Gasteiger partial charge on any atom is 0.305 e. The topological polar surface area (TPSA) is 149 Å². The highest BCUT2D eigenvalue weighted by molar-refractivity contribution is 5.89. The van der Waals surface area contributed by atoms with Crippen LogP contribution in [0.15, 0.2) is 29.4 Å². The molecule has 1 aliphatic rings. The fourth-order valence-electron chi connectivity index (χ4n) is 4.60. The number of hydrogen-bond donors (Lipinski definition) is 5. The molecule has 5 unspecified atom stereocenters. The van der Waals surface area contributed by atoms with Gasteiger partial charge in [0, 0.05) is 18.8 Å². The Labute approximate surface area is 207 Å². The number of oxime groups is 1. The summed E-state index contributed by atoms with van der Waals surface area (Å²) in [5.74, 6) is 0.234. The van der Waals surface area contributed by atoms with Gasteiger partial charge in [-0.15, -0.1) is 0 Å². The van der Waals surface area contributed by atoms with E-state index in [2.05, 4.69) is 5.16 Å². The van der Waals surface area contributed by atoms with E-state index in [0.717, 1.165) is 37.0 Å². The number of carbonyl (C=O) groups is 1. The number of aliphatic hydroxyl groups is 4. The molecule has 9 heteroatoms. The fraction of sp³-hybridized carbons (Fsp3) is 0.692. The van der Waals surface area contributed by atoms with E-state index >= 15 is 0 Å². The van der Waals surface area contributed by atoms with Crippen LogP contribution in [0.25, 0.3) is 0 Å². The number of ether oxygens (including phenoxy) is 2. The van der Waals surface area contributed by atoms with Crippen LogP contribution in [0.4, 0.5) is 0 Å². The van der Waals surface area contributed by atoms with Gasteiger partial charge in [0.25, 0.3) is 0 Å². The van der Waals surface area contributed by atoms with E-state index in [-0.39, 0.29) is 31.5 Å². The summed E-state index contributed by atoms with van der Waals surface area (Å²) in [6.45, 7) is 1.49. The van der Waals surface area contributed by atoms with Crippen molar-refractivity contribution in [3.05, 3.63) is 29.8 Å². The molecule has 0 saturated heterocycles. The van der Waals surface area contributed by atoms with Crippen molar-refractivity contribution in [3.63, 3.8) is 0 Å². The zero-order chi connectivity index (χ0) is 25.6. The molecule has 5 N–H and O–H groups in total. The van der Waals surface area contributed by atoms with Crippen LogP contribution in [0.2, 0.25) is 0 Å². The van der Waals surface area contributed by atoms with Crippen LogP contribution in [0.1, 0.15) is 63.4 Å². The van der Waals surface area contributed by atoms with Gasteiger partial charge in [-0.05, 0) is 50.2 Å². The molecule has 1 saturated carbocycles. The molecule has 9 nitrogen and oxygen atoms in total. The van der Waals surface area contributed by atoms with Gasteiger partial charge in [-0.2, -0.15) is 0 Å². The molecule has 1 aliphatic carbocycles. The van der Waals surface area contributed by atoms with E-state index in [4.69, 9.17) is 14.6 Å². The molecule has 0 amide bonds. The standard InChI is InChI=1S/C26H41NO8/c1-18-8-6-7-10-25(18)34-16-19(29)12-13-21-22(24(31)14-23(21)27-33)9-4-2-3-5-11-26(32)35-17-20(30)15-28/h6-8,10,19-22,24,28-31,33H,2-5,9,11-17H2,1H3/b27-23-. The lowest BCUT2D eigenvalue weighted by Crippen LogP contribution is -2.24. The van der Waals surface area contributed by atoms with Crippen molar-refractivity contribution in [2.45, 2.75) is 83.0 Å². The second-order valence-corrected chi connectivity index (χ2v) is 9.41. The molecule has 198 valence electrons. The first-order valence-electron chi connectivity index (χ1n) is 12.6. The van der Waals surface area contributed by atoms with Crippen LogP contribution in [0, 0.1) is 18.8 Å². The number of aliphatic hydroxyl groups excluding tert-OH is 4. The van der Waals surface area contributed by atoms with E-state index in [9.17, 15) is 25.3 Å². The van der Waals surface area contributed by atoms with Gasteiger partial charge in [0.1, 0.15) is 25.1 Å². The zero-order valence-electron chi connectivity index (χ0n) is 20.6. The van der Waals surface area contributed by atoms with Crippen molar-refractivity contribution in [1.82, 2.24) is 0 Å². The Morgan fingerprint density at radius 2 is 1.83 bits per heavy atom. The minimum Gasteiger partial charge on any atom is -0.491 e. The molecule has 5 atom stereocenters. The third-order valence-corrected chi connectivity index (χ3v) is 6.64. The Balaban J connectivity index is 1.70. The SMILES string of the molecule is Cc1ccccc1OCC(O)CCC1/C(=N\O)CC(O)C1CCCCCCC(=O)OCC(O)CO. The summed E-state index contributed by atoms with van der Waals surface area (Å²) in [5, 5.41) is 51.7. The molecule has 2 rings (SSSR count). The summed E-state index contributed by atoms with van der Waals surface area (Å²) in [6.07, 6.45) is 3.44. The smallest absolute Gasteiger partial charge is 0.305 e. The number of aryl methyl sites for hydroxylation is 1. The summed E-state index contributed by atoms with van der Waals surface area (Å²) in [7, 11) is 0. The second-order valence-electron chi connectivity index (χ2n) is 9.41. The van der Waals surface area contributed by atoms with Gasteiger partial charge in [0.2, 0.25) is 0 Å². The van der Waals surface area contributed by atoms with Crippen LogP contribution in [-0.4, -0.2) is 75.4 Å². The Kier molecular flexibility index (Phi) is 13.0. The summed E-state index contributed by atoms with van der Waals surface area (Å²) in [6, 6.07) is 7.64. The second kappa shape index (κ2) is 15.7. The van der Waals surface area contributed by atoms with Gasteiger partial charge < -0.3 is 35.1 Å². The van der Waals surface area contributed by atoms with E-state index in [1.165, 1.54) is 0 Å². The quantitative estimate of drug-likeness (QED) is 0.102. The van der Waals surface area contributed by atoms with Crippen LogP contribution in [-0.2, 0) is 9.53 Å². The first-order chi connectivity index (χ1) is 16.8. The number of hydrogen-bond acceptors (Lipinski definition) is 9. The minimum atomic E-state index is -1.04. The molecule has 0 aliphatic heterocycles. The molecule has 0 aromatic heterocycles. The average Bonchev–Trinajstić information content (AvgIpc) is 3.16. The van der Waals surface area contributed by atoms with Gasteiger partial charge in [-0.25, -0.2) is 0 Å². The molecule has 0 radical (unpaired) electrons. The molecule has 0 bridgehead atoms. The van der Waals surface area contributed by atoms with Crippen molar-refractivity contribution in [3.8, 4) is 5.75 Å². The van der Waals surface area contributed by atoms with E-state index in [1.54, 1.807) is 0 Å². The van der Waals surface area contributed by atoms with Crippen molar-refractivity contribution in [2.75, 3.05) is 19.8 Å². The largest absolute Gasteiger partial charge is 0.491 e. The molecular formula is C26H41NO8. The minimum absolute atomic E-state index is 0.0321. The lowest BCUT2D eigenvalue weighted by Gasteiger charge is -2.23. The Hall–Kier alpha value is -2.20. The average molecular weight is 496 g/mol. The van der Waals surface area contributed by atoms with Crippen LogP contribution >= 0.6 is 0 Å². The molecule has 1 aromatic rings. The maximum absolute atomic E-state index is 11.6. The van der Waals surface area contributed by atoms with Crippen LogP contribution in [0.5, 0.6) is 5.75 Å². The summed E-state index contributed by atoms with van der Waals surface area (Å²) >= 11 is 0.